The summed E-state index contributed by atoms with van der Waals surface area (Å²) in [5.41, 5.74) is 0. The van der Waals surface area contributed by atoms with Crippen LogP contribution in [0.1, 0.15) is 44.9 Å². The van der Waals surface area contributed by atoms with E-state index in [2.05, 4.69) is 10.1 Å². The van der Waals surface area contributed by atoms with E-state index in [1.807, 2.05) is 0 Å². The fraction of sp³-hybridized carbons (Fsp3) is 0.833. The Morgan fingerprint density at radius 3 is 2.94 bits per heavy atom. The zero-order chi connectivity index (χ0) is 11.8. The molecule has 1 N–H and O–H groups in total. The summed E-state index contributed by atoms with van der Waals surface area (Å²) in [6.45, 7) is 0.813. The van der Waals surface area contributed by atoms with Crippen LogP contribution in [0.4, 0.5) is 0 Å². The average Bonchev–Trinajstić information content (AvgIpc) is 2.30. The van der Waals surface area contributed by atoms with Gasteiger partial charge >= 0.3 is 5.97 Å². The van der Waals surface area contributed by atoms with Crippen LogP contribution in [0.25, 0.3) is 0 Å². The Kier molecular flexibility index (Phi) is 6.08. The second kappa shape index (κ2) is 7.39. The number of ketones is 1. The smallest absolute Gasteiger partial charge is 0.305 e. The first kappa shape index (κ1) is 13.2. The van der Waals surface area contributed by atoms with E-state index < -0.39 is 0 Å². The number of esters is 1. The maximum atomic E-state index is 11.5. The van der Waals surface area contributed by atoms with Gasteiger partial charge in [0.15, 0.2) is 0 Å². The van der Waals surface area contributed by atoms with Crippen molar-refractivity contribution in [3.05, 3.63) is 0 Å². The highest BCUT2D eigenvalue weighted by atomic mass is 16.5. The van der Waals surface area contributed by atoms with Gasteiger partial charge in [0.05, 0.1) is 13.2 Å². The molecule has 0 amide bonds. The zero-order valence-electron chi connectivity index (χ0n) is 9.96. The molecule has 4 heteroatoms. The van der Waals surface area contributed by atoms with Crippen molar-refractivity contribution < 1.29 is 14.3 Å². The van der Waals surface area contributed by atoms with Gasteiger partial charge in [0.1, 0.15) is 5.78 Å². The number of rotatable bonds is 6. The molecule has 1 fully saturated rings. The van der Waals surface area contributed by atoms with Crippen LogP contribution < -0.4 is 5.32 Å². The molecule has 1 aliphatic rings. The normalized spacial score (nSPS) is 20.8. The summed E-state index contributed by atoms with van der Waals surface area (Å²) in [6.07, 6.45) is 6.08. The number of nitrogens with one attached hydrogen (secondary N) is 1. The molecule has 0 saturated heterocycles. The van der Waals surface area contributed by atoms with E-state index in [-0.39, 0.29) is 12.0 Å². The van der Waals surface area contributed by atoms with Crippen molar-refractivity contribution in [1.82, 2.24) is 5.32 Å². The van der Waals surface area contributed by atoms with Crippen LogP contribution in [0.3, 0.4) is 0 Å². The molecular formula is C12H21NO3. The fourth-order valence-electron chi connectivity index (χ4n) is 1.97. The summed E-state index contributed by atoms with van der Waals surface area (Å²) >= 11 is 0. The van der Waals surface area contributed by atoms with Crippen molar-refractivity contribution in [2.24, 2.45) is 0 Å². The summed E-state index contributed by atoms with van der Waals surface area (Å²) in [5, 5.41) is 3.26. The van der Waals surface area contributed by atoms with Crippen LogP contribution in [0.2, 0.25) is 0 Å². The van der Waals surface area contributed by atoms with Gasteiger partial charge in [0.25, 0.3) is 0 Å². The molecule has 0 aromatic rings. The number of hydrogen-bond donors (Lipinski definition) is 1. The van der Waals surface area contributed by atoms with Crippen LogP contribution >= 0.6 is 0 Å². The van der Waals surface area contributed by atoms with E-state index in [1.54, 1.807) is 0 Å². The van der Waals surface area contributed by atoms with Crippen molar-refractivity contribution in [3.63, 3.8) is 0 Å². The third-order valence-electron chi connectivity index (χ3n) is 2.98. The number of unbranched alkanes of at least 4 members (excludes halogenated alkanes) is 1. The summed E-state index contributed by atoms with van der Waals surface area (Å²) < 4.78 is 4.55. The molecule has 1 rings (SSSR count). The van der Waals surface area contributed by atoms with E-state index in [0.29, 0.717) is 12.2 Å². The quantitative estimate of drug-likeness (QED) is 0.551. The van der Waals surface area contributed by atoms with E-state index in [0.717, 1.165) is 45.1 Å². The van der Waals surface area contributed by atoms with Crippen LogP contribution in [-0.4, -0.2) is 31.4 Å². The molecule has 1 atom stereocenters. The lowest BCUT2D eigenvalue weighted by molar-refractivity contribution is -0.140. The molecule has 0 aromatic carbocycles. The van der Waals surface area contributed by atoms with Crippen LogP contribution in [0.5, 0.6) is 0 Å². The average molecular weight is 227 g/mol. The third-order valence-corrected chi connectivity index (χ3v) is 2.98. The Hall–Kier alpha value is -0.900. The van der Waals surface area contributed by atoms with E-state index in [9.17, 15) is 9.59 Å². The summed E-state index contributed by atoms with van der Waals surface area (Å²) in [5.74, 6) is 0.188. The number of carbonyl (C=O) groups excluding carboxylic acids is 2. The molecule has 16 heavy (non-hydrogen) atoms. The minimum Gasteiger partial charge on any atom is -0.469 e. The topological polar surface area (TPSA) is 55.4 Å². The van der Waals surface area contributed by atoms with Crippen molar-refractivity contribution in [1.29, 1.82) is 0 Å². The monoisotopic (exact) mass is 227 g/mol. The maximum Gasteiger partial charge on any atom is 0.305 e. The van der Waals surface area contributed by atoms with Gasteiger partial charge in [0.2, 0.25) is 0 Å². The lowest BCUT2D eigenvalue weighted by Gasteiger charge is -2.21. The standard InChI is InChI=1S/C12H21NO3/c1-16-12(15)8-4-5-9-13-10-6-2-3-7-11(10)14/h10,13H,2-9H2,1H3/t10-/m0/s1. The maximum absolute atomic E-state index is 11.5. The van der Waals surface area contributed by atoms with Crippen LogP contribution in [0.15, 0.2) is 0 Å². The SMILES string of the molecule is COC(=O)CCCCN[C@H]1CCCCC1=O. The van der Waals surface area contributed by atoms with Gasteiger partial charge < -0.3 is 10.1 Å². The van der Waals surface area contributed by atoms with Gasteiger partial charge in [-0.1, -0.05) is 6.42 Å². The zero-order valence-corrected chi connectivity index (χ0v) is 9.96. The van der Waals surface area contributed by atoms with Gasteiger partial charge in [-0.05, 0) is 32.2 Å². The lowest BCUT2D eigenvalue weighted by Crippen LogP contribution is -2.39. The van der Waals surface area contributed by atoms with Crippen LogP contribution in [-0.2, 0) is 14.3 Å². The highest BCUT2D eigenvalue weighted by Crippen LogP contribution is 2.14. The summed E-state index contributed by atoms with van der Waals surface area (Å²) in [7, 11) is 1.40. The van der Waals surface area contributed by atoms with Gasteiger partial charge in [-0.2, -0.15) is 0 Å². The minimum absolute atomic E-state index is 0.0619. The molecular weight excluding hydrogens is 206 g/mol. The lowest BCUT2D eigenvalue weighted by atomic mass is 9.94. The fourth-order valence-corrected chi connectivity index (χ4v) is 1.97. The number of carbonyl (C=O) groups is 2. The molecule has 0 aliphatic heterocycles. The first-order valence-electron chi connectivity index (χ1n) is 6.07. The van der Waals surface area contributed by atoms with Gasteiger partial charge in [-0.15, -0.1) is 0 Å². The third kappa shape index (κ3) is 4.75. The molecule has 1 aliphatic carbocycles. The molecule has 0 bridgehead atoms. The highest BCUT2D eigenvalue weighted by Gasteiger charge is 2.20. The Morgan fingerprint density at radius 2 is 2.25 bits per heavy atom. The molecule has 0 radical (unpaired) electrons. The van der Waals surface area contributed by atoms with Gasteiger partial charge in [0, 0.05) is 12.8 Å². The number of ether oxygens (including phenoxy) is 1. The van der Waals surface area contributed by atoms with E-state index in [4.69, 9.17) is 0 Å². The van der Waals surface area contributed by atoms with E-state index >= 15 is 0 Å². The highest BCUT2D eigenvalue weighted by molar-refractivity contribution is 5.84. The Morgan fingerprint density at radius 1 is 1.44 bits per heavy atom. The first-order valence-corrected chi connectivity index (χ1v) is 6.07. The number of Topliss-reactive ketones (excluding diaryl/α,β-unsaturated/α-hetero) is 1. The van der Waals surface area contributed by atoms with Gasteiger partial charge in [-0.3, -0.25) is 9.59 Å². The Balaban J connectivity index is 2.02. The van der Waals surface area contributed by atoms with Crippen molar-refractivity contribution in [2.75, 3.05) is 13.7 Å². The van der Waals surface area contributed by atoms with Crippen molar-refractivity contribution >= 4 is 11.8 Å². The van der Waals surface area contributed by atoms with Crippen molar-refractivity contribution in [2.45, 2.75) is 51.0 Å². The van der Waals surface area contributed by atoms with Gasteiger partial charge in [-0.25, -0.2) is 0 Å². The number of hydrogen-bond acceptors (Lipinski definition) is 4. The Labute approximate surface area is 96.7 Å². The van der Waals surface area contributed by atoms with Crippen molar-refractivity contribution in [3.8, 4) is 0 Å². The first-order chi connectivity index (χ1) is 7.74. The minimum atomic E-state index is -0.159. The molecule has 0 unspecified atom stereocenters. The van der Waals surface area contributed by atoms with Crippen LogP contribution in [0, 0.1) is 0 Å². The largest absolute Gasteiger partial charge is 0.469 e. The predicted octanol–water partition coefficient (Wildman–Crippen LogP) is 1.43. The molecule has 0 aromatic heterocycles. The second-order valence-corrected chi connectivity index (χ2v) is 4.25. The predicted molar refractivity (Wildman–Crippen MR) is 61.1 cm³/mol. The molecule has 92 valence electrons. The molecule has 0 spiro atoms. The Bertz CT molecular complexity index is 240. The molecule has 0 heterocycles. The molecule has 1 saturated carbocycles. The molecule has 4 nitrogen and oxygen atoms in total. The van der Waals surface area contributed by atoms with E-state index in [1.165, 1.54) is 7.11 Å². The second-order valence-electron chi connectivity index (χ2n) is 4.25. The summed E-state index contributed by atoms with van der Waals surface area (Å²) in [6, 6.07) is 0.0619. The summed E-state index contributed by atoms with van der Waals surface area (Å²) in [4.78, 5) is 22.3. The number of methoxy groups -OCH3 is 1.